The molecule has 3 aliphatic rings. The van der Waals surface area contributed by atoms with Crippen molar-refractivity contribution in [1.82, 2.24) is 45.3 Å². The van der Waals surface area contributed by atoms with Crippen molar-refractivity contribution in [2.24, 2.45) is 0 Å². The van der Waals surface area contributed by atoms with Crippen LogP contribution in [-0.4, -0.2) is 63.8 Å². The van der Waals surface area contributed by atoms with Crippen molar-refractivity contribution in [3.05, 3.63) is 42.1 Å². The number of carbonyl (C=O) groups is 1. The SMILES string of the molecule is O=C(Nc1cnccn1)[C@@H]1CCCN1c1nc(Nc2cc(C3CC3)[nH]n2)nc(Nc2cc(C3CC3)[nH]n2)n1. The molecule has 194 valence electrons. The highest BCUT2D eigenvalue weighted by molar-refractivity contribution is 5.96. The quantitative estimate of drug-likeness (QED) is 0.222. The summed E-state index contributed by atoms with van der Waals surface area (Å²) in [6, 6.07) is 3.51. The maximum Gasteiger partial charge on any atom is 0.248 e. The van der Waals surface area contributed by atoms with E-state index in [0.717, 1.165) is 17.8 Å². The maximum atomic E-state index is 13.1. The zero-order valence-corrected chi connectivity index (χ0v) is 20.6. The molecule has 7 rings (SSSR count). The lowest BCUT2D eigenvalue weighted by Crippen LogP contribution is -2.41. The van der Waals surface area contributed by atoms with E-state index in [1.165, 1.54) is 38.1 Å². The Labute approximate surface area is 217 Å². The van der Waals surface area contributed by atoms with Crippen molar-refractivity contribution in [1.29, 1.82) is 0 Å². The van der Waals surface area contributed by atoms with Gasteiger partial charge in [-0.15, -0.1) is 0 Å². The predicted molar refractivity (Wildman–Crippen MR) is 139 cm³/mol. The zero-order valence-electron chi connectivity index (χ0n) is 20.6. The van der Waals surface area contributed by atoms with Gasteiger partial charge in [0.1, 0.15) is 6.04 Å². The predicted octanol–water partition coefficient (Wildman–Crippen LogP) is 2.96. The van der Waals surface area contributed by atoms with Gasteiger partial charge in [0.05, 0.1) is 6.20 Å². The van der Waals surface area contributed by atoms with Gasteiger partial charge in [-0.25, -0.2) is 4.98 Å². The topological polar surface area (TPSA) is 178 Å². The van der Waals surface area contributed by atoms with Crippen LogP contribution in [0, 0.1) is 0 Å². The van der Waals surface area contributed by atoms with Gasteiger partial charge in [-0.2, -0.15) is 25.1 Å². The lowest BCUT2D eigenvalue weighted by molar-refractivity contribution is -0.117. The van der Waals surface area contributed by atoms with Gasteiger partial charge >= 0.3 is 0 Å². The van der Waals surface area contributed by atoms with Gasteiger partial charge in [-0.05, 0) is 38.5 Å². The van der Waals surface area contributed by atoms with Gasteiger partial charge in [-0.3, -0.25) is 20.0 Å². The summed E-state index contributed by atoms with van der Waals surface area (Å²) in [5.74, 6) is 3.60. The molecule has 0 bridgehead atoms. The van der Waals surface area contributed by atoms with Crippen molar-refractivity contribution in [3.8, 4) is 0 Å². The number of rotatable bonds is 9. The zero-order chi connectivity index (χ0) is 25.5. The lowest BCUT2D eigenvalue weighted by atomic mass is 10.2. The summed E-state index contributed by atoms with van der Waals surface area (Å²) < 4.78 is 0. The molecule has 1 amide bonds. The number of aromatic amines is 2. The number of nitrogens with one attached hydrogen (secondary N) is 5. The molecule has 2 aliphatic carbocycles. The summed E-state index contributed by atoms with van der Waals surface area (Å²) in [5.41, 5.74) is 2.20. The second kappa shape index (κ2) is 9.36. The van der Waals surface area contributed by atoms with Crippen LogP contribution >= 0.6 is 0 Å². The van der Waals surface area contributed by atoms with E-state index in [1.807, 2.05) is 17.0 Å². The first-order chi connectivity index (χ1) is 18.7. The fraction of sp³-hybridized carbons (Fsp3) is 0.417. The smallest absolute Gasteiger partial charge is 0.248 e. The van der Waals surface area contributed by atoms with E-state index in [2.05, 4.69) is 61.3 Å². The molecule has 5 heterocycles. The first kappa shape index (κ1) is 22.6. The second-order valence-electron chi connectivity index (χ2n) is 9.93. The molecular weight excluding hydrogens is 486 g/mol. The first-order valence-corrected chi connectivity index (χ1v) is 12.9. The summed E-state index contributed by atoms with van der Waals surface area (Å²) in [6.07, 6.45) is 10.8. The molecule has 0 spiro atoms. The Kier molecular flexibility index (Phi) is 5.56. The number of H-pyrrole nitrogens is 2. The standard InChI is InChI=1S/C24H27N13O/c38-21(27-20-12-25-7-8-26-20)17-2-1-9-37(17)24-31-22(28-18-10-15(33-35-18)13-3-4-13)30-23(32-24)29-19-11-16(34-36-19)14-5-6-14/h7-8,10-14,17H,1-6,9H2,(H,26,27,38)(H4,28,29,30,31,32,33,34,35,36)/t17-/m0/s1. The molecular formula is C24H27N13O. The molecule has 0 radical (unpaired) electrons. The number of amides is 1. The molecule has 5 N–H and O–H groups in total. The molecule has 3 fully saturated rings. The first-order valence-electron chi connectivity index (χ1n) is 12.9. The van der Waals surface area contributed by atoms with Gasteiger partial charge in [0.25, 0.3) is 0 Å². The molecule has 0 aromatic carbocycles. The number of aromatic nitrogens is 9. The van der Waals surface area contributed by atoms with E-state index >= 15 is 0 Å². The molecule has 1 saturated heterocycles. The van der Waals surface area contributed by atoms with Gasteiger partial charge in [0, 0.05) is 54.3 Å². The Morgan fingerprint density at radius 2 is 1.50 bits per heavy atom. The summed E-state index contributed by atoms with van der Waals surface area (Å²) >= 11 is 0. The third-order valence-electron chi connectivity index (χ3n) is 6.96. The van der Waals surface area contributed by atoms with Crippen molar-refractivity contribution in [2.45, 2.75) is 56.4 Å². The van der Waals surface area contributed by atoms with Crippen LogP contribution in [0.25, 0.3) is 0 Å². The fourth-order valence-electron chi connectivity index (χ4n) is 4.69. The van der Waals surface area contributed by atoms with Crippen molar-refractivity contribution in [3.63, 3.8) is 0 Å². The Morgan fingerprint density at radius 1 is 0.842 bits per heavy atom. The minimum Gasteiger partial charge on any atom is -0.329 e. The average molecular weight is 514 g/mol. The van der Waals surface area contributed by atoms with E-state index in [0.29, 0.717) is 60.1 Å². The van der Waals surface area contributed by atoms with Gasteiger partial charge in [0.15, 0.2) is 17.5 Å². The largest absolute Gasteiger partial charge is 0.329 e. The third kappa shape index (κ3) is 4.84. The molecule has 1 atom stereocenters. The van der Waals surface area contributed by atoms with E-state index in [9.17, 15) is 4.79 Å². The molecule has 0 unspecified atom stereocenters. The van der Waals surface area contributed by atoms with E-state index in [1.54, 1.807) is 6.20 Å². The maximum absolute atomic E-state index is 13.1. The van der Waals surface area contributed by atoms with Crippen LogP contribution in [0.2, 0.25) is 0 Å². The highest BCUT2D eigenvalue weighted by Gasteiger charge is 2.34. The second-order valence-corrected chi connectivity index (χ2v) is 9.93. The number of nitrogens with zero attached hydrogens (tertiary/aromatic N) is 8. The van der Waals surface area contributed by atoms with Gasteiger partial charge < -0.3 is 20.9 Å². The molecule has 4 aromatic rings. The van der Waals surface area contributed by atoms with Crippen LogP contribution in [0.1, 0.15) is 61.7 Å². The van der Waals surface area contributed by atoms with Crippen LogP contribution in [0.5, 0.6) is 0 Å². The van der Waals surface area contributed by atoms with Crippen LogP contribution < -0.4 is 20.9 Å². The average Bonchev–Trinajstić information content (AvgIpc) is 3.81. The highest BCUT2D eigenvalue weighted by atomic mass is 16.2. The number of anilines is 6. The Morgan fingerprint density at radius 3 is 2.08 bits per heavy atom. The van der Waals surface area contributed by atoms with Crippen molar-refractivity contribution >= 4 is 41.2 Å². The van der Waals surface area contributed by atoms with Crippen molar-refractivity contribution in [2.75, 3.05) is 27.4 Å². The molecule has 2 saturated carbocycles. The number of hydrogen-bond acceptors (Lipinski definition) is 11. The van der Waals surface area contributed by atoms with E-state index in [-0.39, 0.29) is 5.91 Å². The summed E-state index contributed by atoms with van der Waals surface area (Å²) in [4.78, 5) is 37.1. The Bertz CT molecular complexity index is 1370. The third-order valence-corrected chi connectivity index (χ3v) is 6.96. The summed E-state index contributed by atoms with van der Waals surface area (Å²) in [5, 5.41) is 24.2. The molecule has 14 heteroatoms. The highest BCUT2D eigenvalue weighted by Crippen LogP contribution is 2.40. The van der Waals surface area contributed by atoms with E-state index < -0.39 is 6.04 Å². The number of carbonyl (C=O) groups excluding carboxylic acids is 1. The Balaban J connectivity index is 1.16. The molecule has 1 aliphatic heterocycles. The molecule has 4 aromatic heterocycles. The minimum absolute atomic E-state index is 0.185. The monoisotopic (exact) mass is 513 g/mol. The summed E-state index contributed by atoms with van der Waals surface area (Å²) in [7, 11) is 0. The fourth-order valence-corrected chi connectivity index (χ4v) is 4.69. The minimum atomic E-state index is -0.459. The van der Waals surface area contributed by atoms with Crippen molar-refractivity contribution < 1.29 is 4.79 Å². The Hall–Kier alpha value is -4.62. The molecule has 14 nitrogen and oxygen atoms in total. The van der Waals surface area contributed by atoms with Crippen LogP contribution in [0.3, 0.4) is 0 Å². The van der Waals surface area contributed by atoms with Crippen LogP contribution in [0.4, 0.5) is 35.3 Å². The van der Waals surface area contributed by atoms with Crippen LogP contribution in [0.15, 0.2) is 30.7 Å². The number of hydrogen-bond donors (Lipinski definition) is 5. The van der Waals surface area contributed by atoms with E-state index in [4.69, 9.17) is 0 Å². The normalized spacial score (nSPS) is 18.9. The van der Waals surface area contributed by atoms with Gasteiger partial charge in [0.2, 0.25) is 23.8 Å². The van der Waals surface area contributed by atoms with Gasteiger partial charge in [-0.1, -0.05) is 0 Å². The van der Waals surface area contributed by atoms with Crippen LogP contribution in [-0.2, 0) is 4.79 Å². The lowest BCUT2D eigenvalue weighted by Gasteiger charge is -2.24. The molecule has 38 heavy (non-hydrogen) atoms. The summed E-state index contributed by atoms with van der Waals surface area (Å²) in [6.45, 7) is 0.629.